The van der Waals surface area contributed by atoms with Crippen LogP contribution in [-0.4, -0.2) is 68.9 Å². The smallest absolute Gasteiger partial charge is 0.357 e. The van der Waals surface area contributed by atoms with Gasteiger partial charge >= 0.3 is 5.97 Å². The summed E-state index contributed by atoms with van der Waals surface area (Å²) in [6.07, 6.45) is -0.0519. The highest BCUT2D eigenvalue weighted by molar-refractivity contribution is 6.29. The molecule has 0 radical (unpaired) electrons. The summed E-state index contributed by atoms with van der Waals surface area (Å²) in [7, 11) is 0. The van der Waals surface area contributed by atoms with Gasteiger partial charge in [0.25, 0.3) is 0 Å². The Morgan fingerprint density at radius 2 is 1.25 bits per heavy atom. The van der Waals surface area contributed by atoms with Gasteiger partial charge in [0.1, 0.15) is 40.6 Å². The Bertz CT molecular complexity index is 1840. The van der Waals surface area contributed by atoms with Crippen LogP contribution in [0.15, 0.2) is 48.5 Å². The Labute approximate surface area is 305 Å². The molecule has 4 atom stereocenters. The lowest BCUT2D eigenvalue weighted by atomic mass is 9.93. The van der Waals surface area contributed by atoms with E-state index in [4.69, 9.17) is 30.9 Å². The Kier molecular flexibility index (Phi) is 15.4. The lowest BCUT2D eigenvalue weighted by Crippen LogP contribution is -2.33. The van der Waals surface area contributed by atoms with E-state index in [-0.39, 0.29) is 54.6 Å². The topological polar surface area (TPSA) is 131 Å². The number of hydrogen-bond acceptors (Lipinski definition) is 9. The molecule has 0 bridgehead atoms. The van der Waals surface area contributed by atoms with Crippen molar-refractivity contribution in [2.45, 2.75) is 85.2 Å². The summed E-state index contributed by atoms with van der Waals surface area (Å²) < 4.78 is 71.1. The molecule has 282 valence electrons. The molecule has 9 nitrogen and oxygen atoms in total. The van der Waals surface area contributed by atoms with Crippen molar-refractivity contribution in [1.29, 1.82) is 0 Å². The van der Waals surface area contributed by atoms with Crippen molar-refractivity contribution in [2.75, 3.05) is 13.2 Å². The van der Waals surface area contributed by atoms with Crippen LogP contribution in [0.5, 0.6) is 11.8 Å². The third kappa shape index (κ3) is 10.2. The summed E-state index contributed by atoms with van der Waals surface area (Å²) >= 11 is 5.99. The summed E-state index contributed by atoms with van der Waals surface area (Å²) in [6.45, 7) is 7.00. The SMILES string of the molecule is C.CC(O)C1CCc2c(-c3ccc(F)cc3F)cc(Cl)nc2O1.CCO.CCOC(=O)c1cc(-c2ccc(F)cc2F)c2c(n1)OC(C(C)O)CC2. The second kappa shape index (κ2) is 19.0. The van der Waals surface area contributed by atoms with Crippen molar-refractivity contribution in [3.8, 4) is 34.0 Å². The molecule has 0 aliphatic carbocycles. The molecule has 2 aliphatic heterocycles. The monoisotopic (exact) mass is 750 g/mol. The molecular weight excluding hydrogens is 708 g/mol. The van der Waals surface area contributed by atoms with Gasteiger partial charge in [-0.15, -0.1) is 0 Å². The molecule has 0 fully saturated rings. The number of halogens is 5. The van der Waals surface area contributed by atoms with Crippen LogP contribution in [0.2, 0.25) is 5.15 Å². The number of nitrogens with zero attached hydrogens (tertiary/aromatic N) is 2. The standard InChI is InChI=1S/C19H19F2NO4.C16H14ClF2NO2.C2H6O.CH4/c1-3-25-19(24)16-9-14(12-5-4-11(20)8-15(12)21)13-6-7-17(10(2)23)26-18(13)22-16;1-8(21)14-5-4-11-12(7-15(17)20-16(11)22-14)10-3-2-9(18)6-13(10)19;1-2-3;/h4-5,8-10,17,23H,3,6-7H2,1-2H3;2-3,6-8,14,21H,4-5H2,1H3;3H,2H2,1H3;1H4. The number of rotatable bonds is 6. The Balaban J connectivity index is 0.000000259. The lowest BCUT2D eigenvalue weighted by molar-refractivity contribution is 0.0317. The zero-order valence-corrected chi connectivity index (χ0v) is 29.2. The second-order valence-corrected chi connectivity index (χ2v) is 12.2. The van der Waals surface area contributed by atoms with E-state index in [0.29, 0.717) is 53.8 Å². The minimum atomic E-state index is -0.745. The highest BCUT2D eigenvalue weighted by atomic mass is 35.5. The van der Waals surface area contributed by atoms with Gasteiger partial charge in [-0.2, -0.15) is 0 Å². The van der Waals surface area contributed by atoms with Crippen LogP contribution in [0.1, 0.15) is 69.6 Å². The van der Waals surface area contributed by atoms with E-state index >= 15 is 0 Å². The summed E-state index contributed by atoms with van der Waals surface area (Å²) in [6, 6.07) is 9.63. The van der Waals surface area contributed by atoms with Gasteiger partial charge in [0, 0.05) is 41.0 Å². The second-order valence-electron chi connectivity index (χ2n) is 11.8. The summed E-state index contributed by atoms with van der Waals surface area (Å²) in [4.78, 5) is 20.4. The van der Waals surface area contributed by atoms with Gasteiger partial charge in [-0.05, 0) is 101 Å². The van der Waals surface area contributed by atoms with Gasteiger partial charge in [-0.25, -0.2) is 32.3 Å². The van der Waals surface area contributed by atoms with Crippen molar-refractivity contribution in [2.24, 2.45) is 0 Å². The van der Waals surface area contributed by atoms with E-state index < -0.39 is 47.6 Å². The molecule has 4 unspecified atom stereocenters. The first kappa shape index (κ1) is 42.1. The zero-order chi connectivity index (χ0) is 37.4. The number of aliphatic hydroxyl groups is 3. The molecule has 3 N–H and O–H groups in total. The van der Waals surface area contributed by atoms with Crippen LogP contribution in [0.4, 0.5) is 17.6 Å². The number of carbonyl (C=O) groups is 1. The van der Waals surface area contributed by atoms with Crippen LogP contribution in [0.3, 0.4) is 0 Å². The molecule has 0 spiro atoms. The summed E-state index contributed by atoms with van der Waals surface area (Å²) in [5.74, 6) is -2.95. The number of ether oxygens (including phenoxy) is 3. The highest BCUT2D eigenvalue weighted by Crippen LogP contribution is 2.39. The normalized spacial score (nSPS) is 16.8. The predicted molar refractivity (Wildman–Crippen MR) is 188 cm³/mol. The number of fused-ring (bicyclic) bond motifs is 2. The number of aliphatic hydroxyl groups excluding tert-OH is 3. The number of carbonyl (C=O) groups excluding carboxylic acids is 1. The van der Waals surface area contributed by atoms with Crippen LogP contribution >= 0.6 is 11.6 Å². The molecule has 2 aliphatic rings. The van der Waals surface area contributed by atoms with E-state index in [1.165, 1.54) is 24.3 Å². The fraction of sp³-hybridized carbons (Fsp3) is 0.395. The zero-order valence-electron chi connectivity index (χ0n) is 28.4. The molecule has 14 heteroatoms. The minimum absolute atomic E-state index is 0. The lowest BCUT2D eigenvalue weighted by Gasteiger charge is -2.29. The maximum absolute atomic E-state index is 14.3. The fourth-order valence-corrected chi connectivity index (χ4v) is 5.79. The van der Waals surface area contributed by atoms with E-state index in [9.17, 15) is 32.6 Å². The third-order valence-corrected chi connectivity index (χ3v) is 8.22. The number of aromatic nitrogens is 2. The molecule has 2 aromatic heterocycles. The quantitative estimate of drug-likeness (QED) is 0.103. The van der Waals surface area contributed by atoms with E-state index in [1.807, 2.05) is 0 Å². The molecule has 4 heterocycles. The van der Waals surface area contributed by atoms with Crippen molar-refractivity contribution < 1.29 is 51.9 Å². The first-order chi connectivity index (χ1) is 24.3. The minimum Gasteiger partial charge on any atom is -0.471 e. The van der Waals surface area contributed by atoms with Gasteiger partial charge < -0.3 is 29.5 Å². The van der Waals surface area contributed by atoms with Crippen LogP contribution < -0.4 is 9.47 Å². The van der Waals surface area contributed by atoms with Crippen LogP contribution in [0.25, 0.3) is 22.3 Å². The molecule has 52 heavy (non-hydrogen) atoms. The Hall–Kier alpha value is -4.30. The molecule has 4 aromatic rings. The van der Waals surface area contributed by atoms with Gasteiger partial charge in [0.05, 0.1) is 18.8 Å². The molecule has 0 saturated heterocycles. The van der Waals surface area contributed by atoms with Gasteiger partial charge in [-0.3, -0.25) is 0 Å². The van der Waals surface area contributed by atoms with Crippen LogP contribution in [0, 0.1) is 23.3 Å². The average Bonchev–Trinajstić information content (AvgIpc) is 3.07. The van der Waals surface area contributed by atoms with Crippen LogP contribution in [-0.2, 0) is 17.6 Å². The number of pyridine rings is 2. The van der Waals surface area contributed by atoms with Gasteiger partial charge in [-0.1, -0.05) is 19.0 Å². The van der Waals surface area contributed by atoms with Crippen molar-refractivity contribution in [3.63, 3.8) is 0 Å². The number of benzene rings is 2. The molecule has 0 saturated carbocycles. The highest BCUT2D eigenvalue weighted by Gasteiger charge is 2.30. The van der Waals surface area contributed by atoms with Crippen molar-refractivity contribution >= 4 is 17.6 Å². The maximum Gasteiger partial charge on any atom is 0.357 e. The van der Waals surface area contributed by atoms with Gasteiger partial charge in [0.2, 0.25) is 11.8 Å². The molecular formula is C38H43ClF4N2O7. The number of hydrogen-bond donors (Lipinski definition) is 3. The first-order valence-electron chi connectivity index (χ1n) is 16.4. The third-order valence-electron chi connectivity index (χ3n) is 8.03. The largest absolute Gasteiger partial charge is 0.471 e. The predicted octanol–water partition coefficient (Wildman–Crippen LogP) is 7.67. The molecule has 2 aromatic carbocycles. The van der Waals surface area contributed by atoms with E-state index in [0.717, 1.165) is 18.2 Å². The van der Waals surface area contributed by atoms with Crippen molar-refractivity contribution in [3.05, 3.63) is 93.8 Å². The first-order valence-corrected chi connectivity index (χ1v) is 16.8. The molecule has 0 amide bonds. The Morgan fingerprint density at radius 1 is 0.808 bits per heavy atom. The number of esters is 1. The summed E-state index contributed by atoms with van der Waals surface area (Å²) in [5.41, 5.74) is 2.63. The summed E-state index contributed by atoms with van der Waals surface area (Å²) in [5, 5.41) is 27.2. The van der Waals surface area contributed by atoms with Gasteiger partial charge in [0.15, 0.2) is 5.69 Å². The molecule has 6 rings (SSSR count). The Morgan fingerprint density at radius 3 is 1.67 bits per heavy atom. The fourth-order valence-electron chi connectivity index (χ4n) is 5.61. The van der Waals surface area contributed by atoms with Crippen molar-refractivity contribution in [1.82, 2.24) is 9.97 Å². The van der Waals surface area contributed by atoms with E-state index in [2.05, 4.69) is 9.97 Å². The maximum atomic E-state index is 14.3. The van der Waals surface area contributed by atoms with E-state index in [1.54, 1.807) is 33.8 Å². The average molecular weight is 751 g/mol.